The number of nitrogens with zero attached hydrogens (tertiary/aromatic N) is 2. The van der Waals surface area contributed by atoms with E-state index in [1.54, 1.807) is 55.8 Å². The minimum Gasteiger partial charge on any atom is -0.497 e. The predicted molar refractivity (Wildman–Crippen MR) is 127 cm³/mol. The van der Waals surface area contributed by atoms with Crippen LogP contribution in [0.5, 0.6) is 5.75 Å². The van der Waals surface area contributed by atoms with Crippen LogP contribution in [0, 0.1) is 5.82 Å². The number of fused-ring (bicyclic) bond motifs is 3. The van der Waals surface area contributed by atoms with Gasteiger partial charge >= 0.3 is 0 Å². The second-order valence-corrected chi connectivity index (χ2v) is 8.98. The Bertz CT molecular complexity index is 1410. The summed E-state index contributed by atoms with van der Waals surface area (Å²) in [6.07, 6.45) is 1.63. The molecule has 0 saturated carbocycles. The number of ether oxygens (including phenoxy) is 1. The van der Waals surface area contributed by atoms with E-state index in [-0.39, 0.29) is 17.1 Å². The first kappa shape index (κ1) is 21.8. The lowest BCUT2D eigenvalue weighted by Crippen LogP contribution is -2.44. The van der Waals surface area contributed by atoms with E-state index in [0.29, 0.717) is 32.3 Å². The molecule has 1 atom stereocenters. The van der Waals surface area contributed by atoms with Crippen LogP contribution in [-0.4, -0.2) is 28.0 Å². The highest BCUT2D eigenvalue weighted by Gasteiger charge is 2.53. The van der Waals surface area contributed by atoms with Crippen molar-refractivity contribution in [3.8, 4) is 5.75 Å². The van der Waals surface area contributed by atoms with Gasteiger partial charge in [-0.15, -0.1) is 0 Å². The number of rotatable bonds is 4. The summed E-state index contributed by atoms with van der Waals surface area (Å²) in [7, 11) is 1.57. The summed E-state index contributed by atoms with van der Waals surface area (Å²) >= 11 is 9.96. The Hall–Kier alpha value is -3.00. The summed E-state index contributed by atoms with van der Waals surface area (Å²) in [6.45, 7) is 0.0506. The van der Waals surface area contributed by atoms with E-state index in [0.717, 1.165) is 11.6 Å². The quantitative estimate of drug-likeness (QED) is 0.373. The second kappa shape index (κ2) is 8.09. The first-order chi connectivity index (χ1) is 15.8. The summed E-state index contributed by atoms with van der Waals surface area (Å²) in [5, 5.41) is 13.0. The molecule has 1 amide bonds. The van der Waals surface area contributed by atoms with Crippen molar-refractivity contribution in [1.82, 2.24) is 9.88 Å². The van der Waals surface area contributed by atoms with E-state index < -0.39 is 17.4 Å². The molecule has 0 saturated heterocycles. The Labute approximate surface area is 202 Å². The summed E-state index contributed by atoms with van der Waals surface area (Å²) < 4.78 is 20.0. The fourth-order valence-corrected chi connectivity index (χ4v) is 5.26. The molecule has 1 aliphatic rings. The van der Waals surface area contributed by atoms with Crippen LogP contribution in [0.3, 0.4) is 0 Å². The number of methoxy groups -OCH3 is 1. The topological polar surface area (TPSA) is 62.7 Å². The van der Waals surface area contributed by atoms with Gasteiger partial charge in [-0.1, -0.05) is 45.7 Å². The number of hydrogen-bond acceptors (Lipinski definition) is 4. The van der Waals surface area contributed by atoms with Gasteiger partial charge in [0, 0.05) is 38.8 Å². The van der Waals surface area contributed by atoms with Gasteiger partial charge in [0.05, 0.1) is 18.2 Å². The van der Waals surface area contributed by atoms with Crippen LogP contribution >= 0.6 is 27.5 Å². The molecule has 5 nitrogen and oxygen atoms in total. The van der Waals surface area contributed by atoms with Crippen molar-refractivity contribution >= 4 is 44.3 Å². The van der Waals surface area contributed by atoms with Gasteiger partial charge in [0.15, 0.2) is 5.72 Å². The molecule has 166 valence electrons. The van der Waals surface area contributed by atoms with Crippen LogP contribution in [0.1, 0.15) is 27.0 Å². The Morgan fingerprint density at radius 2 is 1.94 bits per heavy atom. The monoisotopic (exact) mass is 526 g/mol. The van der Waals surface area contributed by atoms with E-state index >= 15 is 0 Å². The fourth-order valence-electron chi connectivity index (χ4n) is 4.31. The summed E-state index contributed by atoms with van der Waals surface area (Å²) in [5.41, 5.74) is -0.00235. The Kier molecular flexibility index (Phi) is 5.35. The molecule has 0 aliphatic carbocycles. The minimum atomic E-state index is -2.02. The molecule has 0 spiro atoms. The molecule has 1 N–H and O–H groups in total. The molecule has 3 aromatic carbocycles. The van der Waals surface area contributed by atoms with Gasteiger partial charge in [0.1, 0.15) is 11.6 Å². The van der Waals surface area contributed by atoms with Crippen molar-refractivity contribution in [3.05, 3.63) is 104 Å². The smallest absolute Gasteiger partial charge is 0.258 e. The zero-order valence-electron chi connectivity index (χ0n) is 17.3. The first-order valence-corrected chi connectivity index (χ1v) is 11.2. The van der Waals surface area contributed by atoms with Gasteiger partial charge in [-0.05, 0) is 48.0 Å². The third-order valence-electron chi connectivity index (χ3n) is 5.86. The van der Waals surface area contributed by atoms with Crippen molar-refractivity contribution in [2.75, 3.05) is 7.11 Å². The van der Waals surface area contributed by atoms with Crippen LogP contribution in [0.15, 0.2) is 71.3 Å². The van der Waals surface area contributed by atoms with E-state index in [2.05, 4.69) is 20.9 Å². The number of carbonyl (C=O) groups is 1. The molecule has 2 heterocycles. The number of benzene rings is 3. The number of carbonyl (C=O) groups excluding carboxylic acids is 1. The largest absolute Gasteiger partial charge is 0.497 e. The molecule has 0 radical (unpaired) electrons. The maximum absolute atomic E-state index is 14.3. The lowest BCUT2D eigenvalue weighted by molar-refractivity contribution is -0.0548. The Balaban J connectivity index is 1.78. The van der Waals surface area contributed by atoms with Crippen molar-refractivity contribution in [3.63, 3.8) is 0 Å². The van der Waals surface area contributed by atoms with E-state index in [9.17, 15) is 14.3 Å². The van der Waals surface area contributed by atoms with Gasteiger partial charge in [0.25, 0.3) is 5.91 Å². The molecule has 5 rings (SSSR count). The number of pyridine rings is 1. The van der Waals surface area contributed by atoms with Crippen molar-refractivity contribution in [2.24, 2.45) is 0 Å². The van der Waals surface area contributed by atoms with Crippen molar-refractivity contribution in [1.29, 1.82) is 0 Å². The Morgan fingerprint density at radius 1 is 1.18 bits per heavy atom. The molecule has 4 aromatic rings. The van der Waals surface area contributed by atoms with Gasteiger partial charge in [-0.25, -0.2) is 4.39 Å². The number of amides is 1. The Morgan fingerprint density at radius 3 is 2.67 bits per heavy atom. The van der Waals surface area contributed by atoms with Crippen molar-refractivity contribution in [2.45, 2.75) is 12.3 Å². The zero-order valence-corrected chi connectivity index (χ0v) is 19.7. The highest BCUT2D eigenvalue weighted by molar-refractivity contribution is 9.10. The third kappa shape index (κ3) is 3.39. The second-order valence-electron chi connectivity index (χ2n) is 7.71. The van der Waals surface area contributed by atoms with Gasteiger partial charge in [-0.2, -0.15) is 0 Å². The molecular formula is C25H17BrClFN2O3. The van der Waals surface area contributed by atoms with Gasteiger partial charge < -0.3 is 9.84 Å². The highest BCUT2D eigenvalue weighted by atomic mass is 79.9. The summed E-state index contributed by atoms with van der Waals surface area (Å²) in [4.78, 5) is 19.5. The zero-order chi connectivity index (χ0) is 23.3. The third-order valence-corrected chi connectivity index (χ3v) is 6.82. The fraction of sp³-hybridized carbons (Fsp3) is 0.120. The summed E-state index contributed by atoms with van der Waals surface area (Å²) in [5.74, 6) is -0.326. The van der Waals surface area contributed by atoms with E-state index in [4.69, 9.17) is 16.3 Å². The van der Waals surface area contributed by atoms with E-state index in [1.807, 2.05) is 0 Å². The van der Waals surface area contributed by atoms with Gasteiger partial charge in [0.2, 0.25) is 0 Å². The highest BCUT2D eigenvalue weighted by Crippen LogP contribution is 2.50. The number of aliphatic hydroxyl groups is 1. The predicted octanol–water partition coefficient (Wildman–Crippen LogP) is 5.65. The molecule has 1 aromatic heterocycles. The SMILES string of the molecule is COc1ccc(CN2C(=O)c3c(c(Br)cc4ncccc34)C2(O)c2cc(F)ccc2Cl)cc1. The normalized spacial score (nSPS) is 17.5. The van der Waals surface area contributed by atoms with Gasteiger partial charge in [-0.3, -0.25) is 14.7 Å². The molecule has 1 aliphatic heterocycles. The lowest BCUT2D eigenvalue weighted by atomic mass is 9.91. The average Bonchev–Trinajstić information content (AvgIpc) is 3.04. The van der Waals surface area contributed by atoms with Crippen LogP contribution in [0.25, 0.3) is 10.9 Å². The average molecular weight is 528 g/mol. The number of hydrogen-bond donors (Lipinski definition) is 1. The van der Waals surface area contributed by atoms with Crippen LogP contribution < -0.4 is 4.74 Å². The lowest BCUT2D eigenvalue weighted by Gasteiger charge is -2.36. The first-order valence-electron chi connectivity index (χ1n) is 10.0. The van der Waals surface area contributed by atoms with Crippen molar-refractivity contribution < 1.29 is 19.0 Å². The number of aromatic nitrogens is 1. The molecule has 8 heteroatoms. The molecule has 0 fully saturated rings. The molecule has 0 bridgehead atoms. The summed E-state index contributed by atoms with van der Waals surface area (Å²) in [6, 6.07) is 16.1. The van der Waals surface area contributed by atoms with E-state index in [1.165, 1.54) is 17.0 Å². The van der Waals surface area contributed by atoms with Crippen LogP contribution in [0.4, 0.5) is 4.39 Å². The standard InChI is InChI=1S/C25H17BrClFN2O3/c1-33-16-7-4-14(5-8-16)13-30-24(31)22-17-3-2-10-29-21(17)12-19(26)23(22)25(30,32)18-11-15(28)6-9-20(18)27/h2-12,32H,13H2,1H3. The molecular weight excluding hydrogens is 511 g/mol. The number of halogens is 3. The minimum absolute atomic E-state index is 0.0506. The molecule has 1 unspecified atom stereocenters. The maximum Gasteiger partial charge on any atom is 0.258 e. The molecule has 33 heavy (non-hydrogen) atoms. The maximum atomic E-state index is 14.3. The van der Waals surface area contributed by atoms with Crippen LogP contribution in [-0.2, 0) is 12.3 Å². The van der Waals surface area contributed by atoms with Crippen LogP contribution in [0.2, 0.25) is 5.02 Å².